The van der Waals surface area contributed by atoms with Gasteiger partial charge in [0.15, 0.2) is 0 Å². The molecule has 1 rings (SSSR count). The molecule has 3 unspecified atom stereocenters. The second-order valence-corrected chi connectivity index (χ2v) is 5.28. The highest BCUT2D eigenvalue weighted by Gasteiger charge is 2.32. The predicted octanol–water partition coefficient (Wildman–Crippen LogP) is 2.49. The number of hydrogen-bond acceptors (Lipinski definition) is 2. The van der Waals surface area contributed by atoms with Gasteiger partial charge in [0, 0.05) is 24.7 Å². The molecule has 1 saturated heterocycles. The summed E-state index contributed by atoms with van der Waals surface area (Å²) in [5.74, 6) is 0.771. The van der Waals surface area contributed by atoms with Crippen molar-refractivity contribution in [1.82, 2.24) is 10.2 Å². The molecule has 15 heavy (non-hydrogen) atoms. The molecular weight excluding hydrogens is 184 g/mol. The highest BCUT2D eigenvalue weighted by molar-refractivity contribution is 4.89. The molecule has 1 heterocycles. The SMILES string of the molecule is CCCNC1CCN(C(C)C)C(C)C1C. The van der Waals surface area contributed by atoms with E-state index in [9.17, 15) is 0 Å². The third-order valence-electron chi connectivity index (χ3n) is 3.94. The van der Waals surface area contributed by atoms with Gasteiger partial charge in [-0.1, -0.05) is 13.8 Å². The molecule has 0 radical (unpaired) electrons. The third kappa shape index (κ3) is 3.18. The molecule has 2 nitrogen and oxygen atoms in total. The minimum atomic E-state index is 0.689. The molecule has 0 aromatic heterocycles. The van der Waals surface area contributed by atoms with Gasteiger partial charge < -0.3 is 5.32 Å². The van der Waals surface area contributed by atoms with Gasteiger partial charge in [-0.05, 0) is 46.1 Å². The summed E-state index contributed by atoms with van der Waals surface area (Å²) in [4.78, 5) is 2.63. The molecule has 0 bridgehead atoms. The summed E-state index contributed by atoms with van der Waals surface area (Å²) >= 11 is 0. The van der Waals surface area contributed by atoms with Crippen molar-refractivity contribution in [2.45, 2.75) is 65.6 Å². The summed E-state index contributed by atoms with van der Waals surface area (Å²) < 4.78 is 0. The van der Waals surface area contributed by atoms with Crippen LogP contribution in [0.5, 0.6) is 0 Å². The molecule has 0 aromatic carbocycles. The first kappa shape index (κ1) is 13.0. The van der Waals surface area contributed by atoms with E-state index in [2.05, 4.69) is 44.8 Å². The Kier molecular flexibility index (Phi) is 5.07. The van der Waals surface area contributed by atoms with Crippen LogP contribution in [0.15, 0.2) is 0 Å². The number of piperidine rings is 1. The normalized spacial score (nSPS) is 33.6. The third-order valence-corrected chi connectivity index (χ3v) is 3.94. The summed E-state index contributed by atoms with van der Waals surface area (Å²) in [5, 5.41) is 3.68. The van der Waals surface area contributed by atoms with Gasteiger partial charge in [-0.25, -0.2) is 0 Å². The van der Waals surface area contributed by atoms with Crippen LogP contribution in [0.3, 0.4) is 0 Å². The Morgan fingerprint density at radius 3 is 2.53 bits per heavy atom. The molecule has 0 aromatic rings. The van der Waals surface area contributed by atoms with E-state index < -0.39 is 0 Å². The quantitative estimate of drug-likeness (QED) is 0.770. The lowest BCUT2D eigenvalue weighted by molar-refractivity contribution is 0.0592. The van der Waals surface area contributed by atoms with Gasteiger partial charge in [0.2, 0.25) is 0 Å². The minimum absolute atomic E-state index is 0.689. The van der Waals surface area contributed by atoms with Crippen molar-refractivity contribution in [3.05, 3.63) is 0 Å². The van der Waals surface area contributed by atoms with Gasteiger partial charge in [-0.15, -0.1) is 0 Å². The maximum absolute atomic E-state index is 3.68. The molecule has 2 heteroatoms. The molecule has 0 aliphatic carbocycles. The highest BCUT2D eigenvalue weighted by Crippen LogP contribution is 2.25. The Balaban J connectivity index is 2.48. The van der Waals surface area contributed by atoms with Crippen LogP contribution in [0.25, 0.3) is 0 Å². The first-order valence-corrected chi connectivity index (χ1v) is 6.57. The lowest BCUT2D eigenvalue weighted by Crippen LogP contribution is -2.55. The fourth-order valence-corrected chi connectivity index (χ4v) is 2.74. The topological polar surface area (TPSA) is 15.3 Å². The fourth-order valence-electron chi connectivity index (χ4n) is 2.74. The van der Waals surface area contributed by atoms with E-state index in [0.29, 0.717) is 12.1 Å². The van der Waals surface area contributed by atoms with Gasteiger partial charge in [-0.3, -0.25) is 4.90 Å². The maximum Gasteiger partial charge on any atom is 0.0120 e. The Labute approximate surface area is 95.4 Å². The smallest absolute Gasteiger partial charge is 0.0120 e. The molecule has 0 amide bonds. The van der Waals surface area contributed by atoms with Gasteiger partial charge in [-0.2, -0.15) is 0 Å². The first-order chi connectivity index (χ1) is 7.07. The van der Waals surface area contributed by atoms with Crippen LogP contribution in [0.2, 0.25) is 0 Å². The van der Waals surface area contributed by atoms with E-state index in [1.54, 1.807) is 0 Å². The Hall–Kier alpha value is -0.0800. The summed E-state index contributed by atoms with van der Waals surface area (Å²) in [7, 11) is 0. The van der Waals surface area contributed by atoms with Gasteiger partial charge in [0.25, 0.3) is 0 Å². The summed E-state index contributed by atoms with van der Waals surface area (Å²) in [6.45, 7) is 14.1. The van der Waals surface area contributed by atoms with Crippen molar-refractivity contribution < 1.29 is 0 Å². The number of nitrogens with zero attached hydrogens (tertiary/aromatic N) is 1. The van der Waals surface area contributed by atoms with Crippen molar-refractivity contribution in [3.8, 4) is 0 Å². The molecular formula is C13H28N2. The lowest BCUT2D eigenvalue weighted by Gasteiger charge is -2.45. The predicted molar refractivity (Wildman–Crippen MR) is 67.2 cm³/mol. The molecule has 3 atom stereocenters. The first-order valence-electron chi connectivity index (χ1n) is 6.57. The molecule has 1 N–H and O–H groups in total. The van der Waals surface area contributed by atoms with Gasteiger partial charge >= 0.3 is 0 Å². The van der Waals surface area contributed by atoms with Crippen LogP contribution in [-0.4, -0.2) is 36.1 Å². The highest BCUT2D eigenvalue weighted by atomic mass is 15.2. The van der Waals surface area contributed by atoms with Gasteiger partial charge in [0.1, 0.15) is 0 Å². The Morgan fingerprint density at radius 1 is 1.33 bits per heavy atom. The zero-order chi connectivity index (χ0) is 11.4. The van der Waals surface area contributed by atoms with E-state index in [1.165, 1.54) is 25.9 Å². The van der Waals surface area contributed by atoms with Crippen LogP contribution in [0, 0.1) is 5.92 Å². The zero-order valence-corrected chi connectivity index (χ0v) is 11.1. The second-order valence-electron chi connectivity index (χ2n) is 5.28. The zero-order valence-electron chi connectivity index (χ0n) is 11.1. The van der Waals surface area contributed by atoms with Crippen molar-refractivity contribution in [3.63, 3.8) is 0 Å². The van der Waals surface area contributed by atoms with E-state index in [0.717, 1.165) is 12.0 Å². The van der Waals surface area contributed by atoms with Crippen molar-refractivity contribution in [2.24, 2.45) is 5.92 Å². The average Bonchev–Trinajstić information content (AvgIpc) is 2.20. The Morgan fingerprint density at radius 2 is 2.00 bits per heavy atom. The number of nitrogens with one attached hydrogen (secondary N) is 1. The van der Waals surface area contributed by atoms with Crippen molar-refractivity contribution in [2.75, 3.05) is 13.1 Å². The number of likely N-dealkylation sites (tertiary alicyclic amines) is 1. The van der Waals surface area contributed by atoms with Crippen LogP contribution in [0.4, 0.5) is 0 Å². The van der Waals surface area contributed by atoms with Crippen LogP contribution < -0.4 is 5.32 Å². The monoisotopic (exact) mass is 212 g/mol. The summed E-state index contributed by atoms with van der Waals surface area (Å²) in [5.41, 5.74) is 0. The van der Waals surface area contributed by atoms with E-state index in [1.807, 2.05) is 0 Å². The van der Waals surface area contributed by atoms with E-state index in [-0.39, 0.29) is 0 Å². The van der Waals surface area contributed by atoms with E-state index in [4.69, 9.17) is 0 Å². The molecule has 90 valence electrons. The largest absolute Gasteiger partial charge is 0.314 e. The average molecular weight is 212 g/mol. The maximum atomic E-state index is 3.68. The van der Waals surface area contributed by atoms with E-state index >= 15 is 0 Å². The summed E-state index contributed by atoms with van der Waals surface area (Å²) in [6, 6.07) is 2.14. The van der Waals surface area contributed by atoms with Crippen LogP contribution >= 0.6 is 0 Å². The number of rotatable bonds is 4. The lowest BCUT2D eigenvalue weighted by atomic mass is 9.86. The molecule has 1 aliphatic heterocycles. The standard InChI is InChI=1S/C13H28N2/c1-6-8-14-13-7-9-15(10(2)3)12(5)11(13)4/h10-14H,6-9H2,1-5H3. The number of hydrogen-bond donors (Lipinski definition) is 1. The molecule has 1 aliphatic rings. The molecule has 0 saturated carbocycles. The molecule has 1 fully saturated rings. The van der Waals surface area contributed by atoms with Gasteiger partial charge in [0.05, 0.1) is 0 Å². The minimum Gasteiger partial charge on any atom is -0.314 e. The molecule has 0 spiro atoms. The fraction of sp³-hybridized carbons (Fsp3) is 1.00. The van der Waals surface area contributed by atoms with Crippen LogP contribution in [-0.2, 0) is 0 Å². The second kappa shape index (κ2) is 5.86. The van der Waals surface area contributed by atoms with Crippen LogP contribution in [0.1, 0.15) is 47.5 Å². The summed E-state index contributed by atoms with van der Waals surface area (Å²) in [6.07, 6.45) is 2.55. The van der Waals surface area contributed by atoms with Crippen molar-refractivity contribution >= 4 is 0 Å². The Bertz CT molecular complexity index is 179. The van der Waals surface area contributed by atoms with Crippen molar-refractivity contribution in [1.29, 1.82) is 0 Å².